The third-order valence-corrected chi connectivity index (χ3v) is 6.87. The Labute approximate surface area is 171 Å². The van der Waals surface area contributed by atoms with Crippen molar-refractivity contribution in [2.45, 2.75) is 62.7 Å². The van der Waals surface area contributed by atoms with Gasteiger partial charge in [-0.1, -0.05) is 30.3 Å². The minimum atomic E-state index is -4.11. The first-order valence-corrected chi connectivity index (χ1v) is 10.9. The number of nitrogens with zero attached hydrogens (tertiary/aromatic N) is 2. The fourth-order valence-corrected chi connectivity index (χ4v) is 5.35. The predicted molar refractivity (Wildman–Crippen MR) is 109 cm³/mol. The van der Waals surface area contributed by atoms with E-state index in [1.807, 2.05) is 4.90 Å². The third kappa shape index (κ3) is 4.70. The Balaban J connectivity index is 1.49. The van der Waals surface area contributed by atoms with E-state index in [1.165, 1.54) is 23.1 Å². The monoisotopic (exact) mass is 408 g/mol. The summed E-state index contributed by atoms with van der Waals surface area (Å²) in [6, 6.07) is 8.92. The zero-order chi connectivity index (χ0) is 20.4. The molecule has 0 unspecified atom stereocenters. The Bertz CT molecular complexity index is 716. The van der Waals surface area contributed by atoms with E-state index in [9.17, 15) is 18.3 Å². The Kier molecular flexibility index (Phi) is 6.32. The fraction of sp³-hybridized carbons (Fsp3) is 0.652. The van der Waals surface area contributed by atoms with E-state index in [0.717, 1.165) is 38.8 Å². The molecule has 3 aliphatic rings. The number of benzene rings is 1. The first-order chi connectivity index (χ1) is 14.0. The molecule has 29 heavy (non-hydrogen) atoms. The minimum Gasteiger partial charge on any atom is -0.395 e. The van der Waals surface area contributed by atoms with Gasteiger partial charge in [-0.05, 0) is 61.9 Å². The van der Waals surface area contributed by atoms with Crippen LogP contribution in [0.4, 0.5) is 13.2 Å². The second-order valence-corrected chi connectivity index (χ2v) is 8.70. The van der Waals surface area contributed by atoms with Crippen molar-refractivity contribution in [1.82, 2.24) is 9.80 Å². The molecule has 4 rings (SSSR count). The smallest absolute Gasteiger partial charge is 0.390 e. The van der Waals surface area contributed by atoms with Crippen molar-refractivity contribution < 1.29 is 18.3 Å². The van der Waals surface area contributed by atoms with Crippen molar-refractivity contribution in [3.8, 4) is 0 Å². The Morgan fingerprint density at radius 2 is 1.79 bits per heavy atom. The Morgan fingerprint density at radius 1 is 1.03 bits per heavy atom. The van der Waals surface area contributed by atoms with Crippen molar-refractivity contribution in [2.24, 2.45) is 0 Å². The lowest BCUT2D eigenvalue weighted by atomic mass is 9.74. The average Bonchev–Trinajstić information content (AvgIpc) is 3.20. The molecule has 0 bridgehead atoms. The number of fused-ring (bicyclic) bond motifs is 1. The normalized spacial score (nSPS) is 29.0. The minimum absolute atomic E-state index is 0.0669. The van der Waals surface area contributed by atoms with Crippen LogP contribution in [-0.2, 0) is 0 Å². The van der Waals surface area contributed by atoms with Gasteiger partial charge in [-0.2, -0.15) is 13.2 Å². The molecule has 0 radical (unpaired) electrons. The number of halogens is 3. The van der Waals surface area contributed by atoms with Gasteiger partial charge in [0.15, 0.2) is 0 Å². The maximum Gasteiger partial charge on any atom is 0.390 e. The highest BCUT2D eigenvalue weighted by molar-refractivity contribution is 5.67. The maximum atomic E-state index is 12.7. The van der Waals surface area contributed by atoms with Gasteiger partial charge in [0, 0.05) is 31.1 Å². The first-order valence-electron chi connectivity index (χ1n) is 10.9. The van der Waals surface area contributed by atoms with E-state index in [0.29, 0.717) is 6.54 Å². The number of aliphatic hydroxyl groups excluding tert-OH is 1. The summed E-state index contributed by atoms with van der Waals surface area (Å²) in [6.07, 6.45) is 2.82. The summed E-state index contributed by atoms with van der Waals surface area (Å²) in [5.41, 5.74) is 3.88. The molecule has 2 saturated heterocycles. The summed E-state index contributed by atoms with van der Waals surface area (Å²) in [5, 5.41) is 10.0. The molecular formula is C23H31F3N2O. The zero-order valence-corrected chi connectivity index (χ0v) is 16.9. The van der Waals surface area contributed by atoms with Gasteiger partial charge in [0.05, 0.1) is 13.0 Å². The van der Waals surface area contributed by atoms with Gasteiger partial charge in [0.25, 0.3) is 0 Å². The molecule has 160 valence electrons. The number of hydrogen-bond acceptors (Lipinski definition) is 3. The Hall–Kier alpha value is -1.37. The number of hydrogen-bond donors (Lipinski definition) is 1. The standard InChI is InChI=1S/C23H31F3N2O/c24-23(25,26)11-14-27-12-3-4-13-28-20(15-27)22(21(28)16-29)19-9-7-18(8-10-19)17-5-1-2-6-17/h5,7-10,20-22,29H,1-4,6,11-16H2/t20-,21+,22+/m1/s1. The van der Waals surface area contributed by atoms with Crippen molar-refractivity contribution in [2.75, 3.05) is 32.8 Å². The van der Waals surface area contributed by atoms with Crippen molar-refractivity contribution >= 4 is 5.57 Å². The molecule has 1 aromatic rings. The highest BCUT2D eigenvalue weighted by atomic mass is 19.4. The van der Waals surface area contributed by atoms with E-state index in [-0.39, 0.29) is 31.2 Å². The topological polar surface area (TPSA) is 26.7 Å². The number of alkyl halides is 3. The van der Waals surface area contributed by atoms with Gasteiger partial charge in [-0.25, -0.2) is 0 Å². The summed E-state index contributed by atoms with van der Waals surface area (Å²) in [5.74, 6) is 0.179. The molecule has 0 amide bonds. The molecule has 2 fully saturated rings. The molecule has 0 spiro atoms. The lowest BCUT2D eigenvalue weighted by Gasteiger charge is -2.57. The molecule has 1 aliphatic carbocycles. The van der Waals surface area contributed by atoms with Gasteiger partial charge >= 0.3 is 6.18 Å². The largest absolute Gasteiger partial charge is 0.395 e. The van der Waals surface area contributed by atoms with Gasteiger partial charge in [-0.3, -0.25) is 4.90 Å². The van der Waals surface area contributed by atoms with Crippen LogP contribution in [0.3, 0.4) is 0 Å². The molecule has 1 aromatic carbocycles. The highest BCUT2D eigenvalue weighted by Crippen LogP contribution is 2.42. The van der Waals surface area contributed by atoms with Crippen LogP contribution in [-0.4, -0.2) is 66.0 Å². The van der Waals surface area contributed by atoms with Crippen LogP contribution in [0.5, 0.6) is 0 Å². The van der Waals surface area contributed by atoms with Crippen LogP contribution >= 0.6 is 0 Å². The number of aliphatic hydroxyl groups is 1. The van der Waals surface area contributed by atoms with Gasteiger partial charge in [-0.15, -0.1) is 0 Å². The predicted octanol–water partition coefficient (Wildman–Crippen LogP) is 4.43. The van der Waals surface area contributed by atoms with Gasteiger partial charge < -0.3 is 10.0 Å². The van der Waals surface area contributed by atoms with Crippen LogP contribution in [0.1, 0.15) is 55.6 Å². The first kappa shape index (κ1) is 20.9. The number of allylic oxidation sites excluding steroid dienone is 2. The molecule has 0 aromatic heterocycles. The van der Waals surface area contributed by atoms with E-state index < -0.39 is 12.6 Å². The highest BCUT2D eigenvalue weighted by Gasteiger charge is 2.49. The quantitative estimate of drug-likeness (QED) is 0.781. The SMILES string of the molecule is OC[C@H]1[C@@H](c2ccc(C3=CCCC3)cc2)[C@H]2CN(CCC(F)(F)F)CCCCN21. The average molecular weight is 409 g/mol. The van der Waals surface area contributed by atoms with E-state index in [1.54, 1.807) is 0 Å². The van der Waals surface area contributed by atoms with E-state index in [2.05, 4.69) is 35.2 Å². The zero-order valence-electron chi connectivity index (χ0n) is 16.9. The van der Waals surface area contributed by atoms with E-state index >= 15 is 0 Å². The van der Waals surface area contributed by atoms with Crippen molar-refractivity contribution in [3.63, 3.8) is 0 Å². The molecule has 2 aliphatic heterocycles. The molecule has 2 heterocycles. The molecular weight excluding hydrogens is 377 g/mol. The third-order valence-electron chi connectivity index (χ3n) is 6.87. The summed E-state index contributed by atoms with van der Waals surface area (Å²) in [6.45, 7) is 2.45. The van der Waals surface area contributed by atoms with Crippen LogP contribution in [0.2, 0.25) is 0 Å². The summed E-state index contributed by atoms with van der Waals surface area (Å²) in [4.78, 5) is 4.29. The maximum absolute atomic E-state index is 12.7. The summed E-state index contributed by atoms with van der Waals surface area (Å²) >= 11 is 0. The number of rotatable bonds is 5. The van der Waals surface area contributed by atoms with Gasteiger partial charge in [0.1, 0.15) is 0 Å². The Morgan fingerprint density at radius 3 is 2.45 bits per heavy atom. The lowest BCUT2D eigenvalue weighted by Crippen LogP contribution is -2.67. The second kappa shape index (κ2) is 8.78. The molecule has 3 nitrogen and oxygen atoms in total. The van der Waals surface area contributed by atoms with Gasteiger partial charge in [0.2, 0.25) is 0 Å². The summed E-state index contributed by atoms with van der Waals surface area (Å²) in [7, 11) is 0. The van der Waals surface area contributed by atoms with E-state index in [4.69, 9.17) is 0 Å². The van der Waals surface area contributed by atoms with Crippen LogP contribution in [0, 0.1) is 0 Å². The molecule has 1 N–H and O–H groups in total. The summed E-state index contributed by atoms with van der Waals surface area (Å²) < 4.78 is 38.2. The van der Waals surface area contributed by atoms with Crippen molar-refractivity contribution in [1.29, 1.82) is 0 Å². The molecule has 3 atom stereocenters. The molecule has 6 heteroatoms. The van der Waals surface area contributed by atoms with Crippen molar-refractivity contribution in [3.05, 3.63) is 41.5 Å². The second-order valence-electron chi connectivity index (χ2n) is 8.70. The lowest BCUT2D eigenvalue weighted by molar-refractivity contribution is -0.140. The fourth-order valence-electron chi connectivity index (χ4n) is 5.35. The van der Waals surface area contributed by atoms with Crippen LogP contribution in [0.15, 0.2) is 30.3 Å². The van der Waals surface area contributed by atoms with Crippen LogP contribution < -0.4 is 0 Å². The molecule has 0 saturated carbocycles. The van der Waals surface area contributed by atoms with Crippen LogP contribution in [0.25, 0.3) is 5.57 Å².